The van der Waals surface area contributed by atoms with Crippen molar-refractivity contribution in [3.05, 3.63) is 23.0 Å². The molecular formula is C20H27N11O8S2. The van der Waals surface area contributed by atoms with Gasteiger partial charge >= 0.3 is 5.97 Å². The Labute approximate surface area is 235 Å². The second kappa shape index (κ2) is 11.7. The van der Waals surface area contributed by atoms with E-state index in [1.807, 2.05) is 0 Å². The molecule has 4 rings (SSSR count). The number of aliphatic imine (C=N–C) groups is 1. The van der Waals surface area contributed by atoms with E-state index in [0.29, 0.717) is 18.8 Å². The summed E-state index contributed by atoms with van der Waals surface area (Å²) in [6.07, 6.45) is 1.68. The van der Waals surface area contributed by atoms with Gasteiger partial charge in [0, 0.05) is 37.2 Å². The number of nitrogens with zero attached hydrogens (tertiary/aromatic N) is 6. The molecule has 2 heterocycles. The first-order chi connectivity index (χ1) is 19.3. The largest absolute Gasteiger partial charge is 0.478 e. The van der Waals surface area contributed by atoms with E-state index >= 15 is 0 Å². The predicted molar refractivity (Wildman–Crippen MR) is 142 cm³/mol. The number of nitrogens with two attached hydrogens (primary N) is 3. The molecule has 10 N–H and O–H groups in total. The normalized spacial score (nSPS) is 22.1. The Morgan fingerprint density at radius 3 is 2.66 bits per heavy atom. The number of carboxylic acids is 1. The standard InChI is InChI=1S/C20H27N11O8S2/c21-3-4-24-18(22)25-5-9-6-26-31(29-9)7-10-12(14(32)15(10)41(36,37)38)28-16(33)13(11-8-40-19(23)27-11)30-39-20(1-2-20)17(34)35/h6,8,10,12,15H,1-5,7,21H2,(H2,23,27)(H,28,33)(H,34,35)(H3,22,24,25)(H,36,37,38)/b30-13-/t10-,12+,15?/m1/s1. The zero-order chi connectivity index (χ0) is 29.9. The number of rotatable bonds is 13. The van der Waals surface area contributed by atoms with Crippen molar-refractivity contribution >= 4 is 55.9 Å². The summed E-state index contributed by atoms with van der Waals surface area (Å²) in [4.78, 5) is 51.7. The number of carbonyl (C=O) groups excluding carboxylic acids is 2. The molecule has 3 atom stereocenters. The first-order valence-corrected chi connectivity index (χ1v) is 14.4. The number of oxime groups is 1. The summed E-state index contributed by atoms with van der Waals surface area (Å²) in [5.74, 6) is -4.32. The first-order valence-electron chi connectivity index (χ1n) is 12.0. The second-order valence-corrected chi connectivity index (χ2v) is 11.6. The van der Waals surface area contributed by atoms with E-state index in [1.165, 1.54) is 11.6 Å². The highest BCUT2D eigenvalue weighted by molar-refractivity contribution is 7.87. The fourth-order valence-corrected chi connectivity index (χ4v) is 5.58. The highest BCUT2D eigenvalue weighted by Crippen LogP contribution is 2.40. The van der Waals surface area contributed by atoms with Crippen LogP contribution >= 0.6 is 11.3 Å². The van der Waals surface area contributed by atoms with Crippen molar-refractivity contribution in [2.24, 2.45) is 27.5 Å². The van der Waals surface area contributed by atoms with Gasteiger partial charge in [-0.15, -0.1) is 11.3 Å². The Bertz CT molecular complexity index is 1500. The molecule has 2 aliphatic carbocycles. The Morgan fingerprint density at radius 2 is 2.07 bits per heavy atom. The van der Waals surface area contributed by atoms with Gasteiger partial charge in [-0.05, 0) is 0 Å². The van der Waals surface area contributed by atoms with Crippen LogP contribution in [0, 0.1) is 5.92 Å². The molecule has 2 aliphatic rings. The SMILES string of the molecule is NCCNC(N)=NCc1cnn(C[C@H]2C(S(=O)(=O)O)C(=O)[C@H]2NC(=O)/C(=N\OC2(C(=O)O)CC2)c2csc(N)n2)n1. The van der Waals surface area contributed by atoms with Crippen molar-refractivity contribution < 1.29 is 37.3 Å². The second-order valence-electron chi connectivity index (χ2n) is 9.16. The summed E-state index contributed by atoms with van der Waals surface area (Å²) < 4.78 is 33.6. The fourth-order valence-electron chi connectivity index (χ4n) is 3.91. The van der Waals surface area contributed by atoms with E-state index in [-0.39, 0.29) is 42.7 Å². The number of anilines is 1. The zero-order valence-electron chi connectivity index (χ0n) is 21.2. The minimum Gasteiger partial charge on any atom is -0.478 e. The van der Waals surface area contributed by atoms with Gasteiger partial charge in [-0.25, -0.2) is 14.8 Å². The molecule has 2 saturated carbocycles. The number of amides is 1. The predicted octanol–water partition coefficient (Wildman–Crippen LogP) is -3.34. The van der Waals surface area contributed by atoms with Gasteiger partial charge in [0.05, 0.1) is 25.3 Å². The molecule has 21 heteroatoms. The number of carbonyl (C=O) groups is 3. The van der Waals surface area contributed by atoms with Crippen molar-refractivity contribution in [3.63, 3.8) is 0 Å². The molecule has 0 bridgehead atoms. The van der Waals surface area contributed by atoms with Gasteiger partial charge in [0.1, 0.15) is 11.4 Å². The lowest BCUT2D eigenvalue weighted by Crippen LogP contribution is -2.68. The lowest BCUT2D eigenvalue weighted by atomic mass is 9.77. The molecule has 0 aromatic carbocycles. The Balaban J connectivity index is 1.52. The van der Waals surface area contributed by atoms with Crippen LogP contribution in [0.4, 0.5) is 5.13 Å². The van der Waals surface area contributed by atoms with E-state index in [4.69, 9.17) is 22.0 Å². The quantitative estimate of drug-likeness (QED) is 0.0502. The third-order valence-corrected chi connectivity index (χ3v) is 8.11. The summed E-state index contributed by atoms with van der Waals surface area (Å²) in [5.41, 5.74) is 15.0. The van der Waals surface area contributed by atoms with Gasteiger partial charge in [0.15, 0.2) is 27.8 Å². The number of Topliss-reactive ketones (excluding diaryl/α,β-unsaturated/α-hetero) is 1. The van der Waals surface area contributed by atoms with Gasteiger partial charge in [-0.1, -0.05) is 5.16 Å². The summed E-state index contributed by atoms with van der Waals surface area (Å²) in [6.45, 7) is 0.501. The third-order valence-electron chi connectivity index (χ3n) is 6.22. The van der Waals surface area contributed by atoms with Crippen LogP contribution in [-0.4, -0.2) is 97.4 Å². The molecule has 41 heavy (non-hydrogen) atoms. The Morgan fingerprint density at radius 1 is 1.34 bits per heavy atom. The van der Waals surface area contributed by atoms with E-state index in [2.05, 4.69) is 36.0 Å². The number of nitrogen functional groups attached to an aromatic ring is 1. The number of nitrogens with one attached hydrogen (secondary N) is 2. The zero-order valence-corrected chi connectivity index (χ0v) is 22.8. The minimum atomic E-state index is -4.85. The number of guanidine groups is 1. The highest BCUT2D eigenvalue weighted by atomic mass is 32.2. The highest BCUT2D eigenvalue weighted by Gasteiger charge is 2.58. The number of ketones is 1. The van der Waals surface area contributed by atoms with E-state index in [1.54, 1.807) is 0 Å². The molecule has 1 unspecified atom stereocenters. The molecule has 0 radical (unpaired) electrons. The molecular weight excluding hydrogens is 586 g/mol. The van der Waals surface area contributed by atoms with E-state index < -0.39 is 56.3 Å². The number of hydrogen-bond acceptors (Lipinski definition) is 14. The van der Waals surface area contributed by atoms with Crippen molar-refractivity contribution in [1.82, 2.24) is 30.6 Å². The number of aliphatic carboxylic acids is 1. The van der Waals surface area contributed by atoms with Crippen LogP contribution in [0.25, 0.3) is 0 Å². The average Bonchev–Trinajstić information content (AvgIpc) is 3.37. The van der Waals surface area contributed by atoms with Crippen LogP contribution in [0.5, 0.6) is 0 Å². The maximum absolute atomic E-state index is 13.2. The molecule has 1 amide bonds. The third kappa shape index (κ3) is 6.75. The molecule has 0 saturated heterocycles. The number of hydrogen-bond donors (Lipinski definition) is 7. The lowest BCUT2D eigenvalue weighted by Gasteiger charge is -2.40. The van der Waals surface area contributed by atoms with Gasteiger partial charge in [0.2, 0.25) is 5.60 Å². The number of aromatic nitrogens is 4. The van der Waals surface area contributed by atoms with Gasteiger partial charge in [0.25, 0.3) is 16.0 Å². The number of thiazole rings is 1. The summed E-state index contributed by atoms with van der Waals surface area (Å²) >= 11 is 0.971. The smallest absolute Gasteiger partial charge is 0.350 e. The topological polar surface area (TPSA) is 305 Å². The summed E-state index contributed by atoms with van der Waals surface area (Å²) in [6, 6.07) is -1.41. The average molecular weight is 614 g/mol. The van der Waals surface area contributed by atoms with E-state index in [9.17, 15) is 32.5 Å². The van der Waals surface area contributed by atoms with E-state index in [0.717, 1.165) is 16.1 Å². The summed E-state index contributed by atoms with van der Waals surface area (Å²) in [5, 5.41) is 26.0. The minimum absolute atomic E-state index is 0.0311. The molecule has 2 aromatic heterocycles. The maximum Gasteiger partial charge on any atom is 0.350 e. The molecule has 19 nitrogen and oxygen atoms in total. The maximum atomic E-state index is 13.2. The molecule has 2 fully saturated rings. The van der Waals surface area contributed by atoms with Crippen LogP contribution in [0.15, 0.2) is 21.7 Å². The molecule has 0 aliphatic heterocycles. The number of carboxylic acid groups (broad SMARTS) is 1. The fraction of sp³-hybridized carbons (Fsp3) is 0.500. The van der Waals surface area contributed by atoms with Crippen molar-refractivity contribution in [2.75, 3.05) is 18.8 Å². The van der Waals surface area contributed by atoms with Crippen LogP contribution in [-0.2, 0) is 42.4 Å². The monoisotopic (exact) mass is 613 g/mol. The molecule has 0 spiro atoms. The molecule has 2 aromatic rings. The van der Waals surface area contributed by atoms with Gasteiger partial charge in [-0.3, -0.25) is 14.1 Å². The lowest BCUT2D eigenvalue weighted by molar-refractivity contribution is -0.153. The van der Waals surface area contributed by atoms with Crippen LogP contribution in [0.2, 0.25) is 0 Å². The van der Waals surface area contributed by atoms with Crippen molar-refractivity contribution in [1.29, 1.82) is 0 Å². The van der Waals surface area contributed by atoms with Gasteiger partial charge < -0.3 is 37.8 Å². The van der Waals surface area contributed by atoms with Crippen LogP contribution in [0.3, 0.4) is 0 Å². The summed E-state index contributed by atoms with van der Waals surface area (Å²) in [7, 11) is -4.85. The van der Waals surface area contributed by atoms with Crippen LogP contribution < -0.4 is 27.8 Å². The Hall–Kier alpha value is -4.21. The Kier molecular flexibility index (Phi) is 8.51. The first kappa shape index (κ1) is 29.8. The van der Waals surface area contributed by atoms with Crippen molar-refractivity contribution in [3.8, 4) is 0 Å². The van der Waals surface area contributed by atoms with Crippen LogP contribution in [0.1, 0.15) is 24.2 Å². The van der Waals surface area contributed by atoms with Gasteiger partial charge in [-0.2, -0.15) is 23.4 Å². The molecule has 222 valence electrons. The van der Waals surface area contributed by atoms with Crippen molar-refractivity contribution in [2.45, 2.75) is 42.8 Å².